The van der Waals surface area contributed by atoms with E-state index in [9.17, 15) is 0 Å². The fraction of sp³-hybridized carbons (Fsp3) is 0.600. The Labute approximate surface area is 135 Å². The number of hydrogen-bond donors (Lipinski definition) is 1. The van der Waals surface area contributed by atoms with Gasteiger partial charge in [-0.05, 0) is 57.0 Å². The maximum atomic E-state index is 6.22. The molecule has 1 aromatic carbocycles. The lowest BCUT2D eigenvalue weighted by Crippen LogP contribution is -2.41. The van der Waals surface area contributed by atoms with Gasteiger partial charge in [0.05, 0.1) is 0 Å². The van der Waals surface area contributed by atoms with Crippen LogP contribution in [0.2, 0.25) is 5.02 Å². The van der Waals surface area contributed by atoms with Crippen LogP contribution < -0.4 is 10.2 Å². The number of nitrogens with one attached hydrogen (secondary N) is 1. The zero-order chi connectivity index (χ0) is 13.8. The molecule has 0 bridgehead atoms. The van der Waals surface area contributed by atoms with E-state index in [0.29, 0.717) is 12.1 Å². The van der Waals surface area contributed by atoms with Crippen molar-refractivity contribution in [1.29, 1.82) is 0 Å². The third kappa shape index (κ3) is 3.99. The molecule has 0 saturated carbocycles. The van der Waals surface area contributed by atoms with Gasteiger partial charge in [-0.3, -0.25) is 0 Å². The van der Waals surface area contributed by atoms with E-state index in [4.69, 9.17) is 11.6 Å². The molecule has 4 heteroatoms. The molecule has 0 aromatic heterocycles. The van der Waals surface area contributed by atoms with E-state index in [2.05, 4.69) is 58.8 Å². The molecule has 19 heavy (non-hydrogen) atoms. The lowest BCUT2D eigenvalue weighted by atomic mass is 10.1. The van der Waals surface area contributed by atoms with Gasteiger partial charge in [-0.15, -0.1) is 0 Å². The number of anilines is 1. The summed E-state index contributed by atoms with van der Waals surface area (Å²) < 4.78 is 0.956. The number of benzene rings is 1. The lowest BCUT2D eigenvalue weighted by Gasteiger charge is -2.32. The van der Waals surface area contributed by atoms with Crippen molar-refractivity contribution >= 4 is 39.9 Å². The van der Waals surface area contributed by atoms with Crippen LogP contribution in [-0.4, -0.2) is 25.2 Å². The van der Waals surface area contributed by atoms with E-state index in [1.165, 1.54) is 24.1 Å². The highest BCUT2D eigenvalue weighted by Crippen LogP contribution is 2.27. The molecule has 0 aliphatic carbocycles. The second kappa shape index (κ2) is 7.14. The van der Waals surface area contributed by atoms with Crippen LogP contribution in [0.3, 0.4) is 0 Å². The summed E-state index contributed by atoms with van der Waals surface area (Å²) in [5.74, 6) is 0. The first-order chi connectivity index (χ1) is 9.11. The van der Waals surface area contributed by atoms with Crippen molar-refractivity contribution in [2.75, 3.05) is 18.0 Å². The highest BCUT2D eigenvalue weighted by atomic mass is 127. The van der Waals surface area contributed by atoms with Crippen molar-refractivity contribution in [3.8, 4) is 0 Å². The summed E-state index contributed by atoms with van der Waals surface area (Å²) in [6.45, 7) is 6.76. The topological polar surface area (TPSA) is 15.3 Å². The minimum Gasteiger partial charge on any atom is -0.368 e. The average molecular weight is 393 g/mol. The van der Waals surface area contributed by atoms with E-state index in [1.54, 1.807) is 0 Å². The molecule has 0 spiro atoms. The van der Waals surface area contributed by atoms with Crippen LogP contribution in [0.15, 0.2) is 18.2 Å². The standard InChI is InChI=1S/C15H22ClIN2/c1-11(2)19(10-13-4-3-7-18-13)14-5-6-15(16)12(8-14)9-17/h5-6,8,11,13,18H,3-4,7,9-10H2,1-2H3/t13-/m0/s1. The molecular formula is C15H22ClIN2. The molecule has 1 heterocycles. The zero-order valence-electron chi connectivity index (χ0n) is 11.6. The zero-order valence-corrected chi connectivity index (χ0v) is 14.5. The number of hydrogen-bond acceptors (Lipinski definition) is 2. The van der Waals surface area contributed by atoms with Gasteiger partial charge >= 0.3 is 0 Å². The molecule has 1 aliphatic rings. The number of halogens is 2. The molecule has 1 N–H and O–H groups in total. The molecule has 0 unspecified atom stereocenters. The Kier molecular flexibility index (Phi) is 5.78. The molecule has 1 aliphatic heterocycles. The van der Waals surface area contributed by atoms with Gasteiger partial charge in [0, 0.05) is 33.8 Å². The predicted molar refractivity (Wildman–Crippen MR) is 92.7 cm³/mol. The minimum absolute atomic E-state index is 0.505. The fourth-order valence-electron chi connectivity index (χ4n) is 2.61. The third-order valence-corrected chi connectivity index (χ3v) is 4.90. The summed E-state index contributed by atoms with van der Waals surface area (Å²) in [4.78, 5) is 2.48. The Morgan fingerprint density at radius 1 is 1.47 bits per heavy atom. The molecule has 0 radical (unpaired) electrons. The molecular weight excluding hydrogens is 371 g/mol. The van der Waals surface area contributed by atoms with E-state index >= 15 is 0 Å². The van der Waals surface area contributed by atoms with Gasteiger partial charge in [0.15, 0.2) is 0 Å². The van der Waals surface area contributed by atoms with Crippen molar-refractivity contribution in [3.05, 3.63) is 28.8 Å². The summed E-state index contributed by atoms with van der Waals surface area (Å²) >= 11 is 8.59. The quantitative estimate of drug-likeness (QED) is 0.595. The van der Waals surface area contributed by atoms with Crippen LogP contribution in [0.5, 0.6) is 0 Å². The molecule has 1 aromatic rings. The van der Waals surface area contributed by atoms with Gasteiger partial charge in [0.2, 0.25) is 0 Å². The van der Waals surface area contributed by atoms with Crippen molar-refractivity contribution in [2.24, 2.45) is 0 Å². The summed E-state index contributed by atoms with van der Waals surface area (Å²) in [7, 11) is 0. The number of alkyl halides is 1. The highest BCUT2D eigenvalue weighted by Gasteiger charge is 2.20. The largest absolute Gasteiger partial charge is 0.368 e. The maximum absolute atomic E-state index is 6.22. The molecule has 1 atom stereocenters. The maximum Gasteiger partial charge on any atom is 0.0447 e. The summed E-state index contributed by atoms with van der Waals surface area (Å²) in [5, 5.41) is 4.46. The normalized spacial score (nSPS) is 19.1. The average Bonchev–Trinajstić information content (AvgIpc) is 2.89. The second-order valence-electron chi connectivity index (χ2n) is 5.45. The minimum atomic E-state index is 0.505. The summed E-state index contributed by atoms with van der Waals surface area (Å²) in [6, 6.07) is 7.55. The Morgan fingerprint density at radius 3 is 2.84 bits per heavy atom. The van der Waals surface area contributed by atoms with Crippen molar-refractivity contribution in [1.82, 2.24) is 5.32 Å². The van der Waals surface area contributed by atoms with E-state index in [-0.39, 0.29) is 0 Å². The van der Waals surface area contributed by atoms with Crippen LogP contribution >= 0.6 is 34.2 Å². The molecule has 1 fully saturated rings. The lowest BCUT2D eigenvalue weighted by molar-refractivity contribution is 0.553. The Balaban J connectivity index is 2.17. The molecule has 106 valence electrons. The van der Waals surface area contributed by atoms with Gasteiger partial charge in [-0.2, -0.15) is 0 Å². The first-order valence-corrected chi connectivity index (χ1v) is 8.86. The van der Waals surface area contributed by atoms with Gasteiger partial charge in [-0.1, -0.05) is 34.2 Å². The number of nitrogens with zero attached hydrogens (tertiary/aromatic N) is 1. The fourth-order valence-corrected chi connectivity index (χ4v) is 3.65. The van der Waals surface area contributed by atoms with Crippen LogP contribution in [0.1, 0.15) is 32.3 Å². The third-order valence-electron chi connectivity index (χ3n) is 3.71. The first-order valence-electron chi connectivity index (χ1n) is 6.96. The molecule has 2 nitrogen and oxygen atoms in total. The van der Waals surface area contributed by atoms with Gasteiger partial charge in [0.1, 0.15) is 0 Å². The monoisotopic (exact) mass is 392 g/mol. The van der Waals surface area contributed by atoms with E-state index in [0.717, 1.165) is 22.5 Å². The molecule has 0 amide bonds. The van der Waals surface area contributed by atoms with Gasteiger partial charge in [0.25, 0.3) is 0 Å². The van der Waals surface area contributed by atoms with Crippen LogP contribution in [0, 0.1) is 0 Å². The van der Waals surface area contributed by atoms with Crippen LogP contribution in [-0.2, 0) is 4.43 Å². The molecule has 2 rings (SSSR count). The van der Waals surface area contributed by atoms with Gasteiger partial charge in [-0.25, -0.2) is 0 Å². The van der Waals surface area contributed by atoms with Gasteiger partial charge < -0.3 is 10.2 Å². The first kappa shape index (κ1) is 15.4. The van der Waals surface area contributed by atoms with E-state index < -0.39 is 0 Å². The second-order valence-corrected chi connectivity index (χ2v) is 6.62. The van der Waals surface area contributed by atoms with Crippen LogP contribution in [0.4, 0.5) is 5.69 Å². The van der Waals surface area contributed by atoms with Crippen molar-refractivity contribution in [2.45, 2.75) is 43.2 Å². The van der Waals surface area contributed by atoms with Crippen molar-refractivity contribution in [3.63, 3.8) is 0 Å². The summed E-state index contributed by atoms with van der Waals surface area (Å²) in [6.07, 6.45) is 2.59. The van der Waals surface area contributed by atoms with E-state index in [1.807, 2.05) is 6.07 Å². The Morgan fingerprint density at radius 2 is 2.26 bits per heavy atom. The smallest absolute Gasteiger partial charge is 0.0447 e. The SMILES string of the molecule is CC(C)N(C[C@@H]1CCCN1)c1ccc(Cl)c(CI)c1. The Bertz CT molecular complexity index is 417. The van der Waals surface area contributed by atoms with Crippen LogP contribution in [0.25, 0.3) is 0 Å². The molecule has 1 saturated heterocycles. The predicted octanol–water partition coefficient (Wildman–Crippen LogP) is 4.24. The Hall–Kier alpha value is -0.000000000000000111. The number of rotatable bonds is 5. The highest BCUT2D eigenvalue weighted by molar-refractivity contribution is 14.1. The van der Waals surface area contributed by atoms with Crippen molar-refractivity contribution < 1.29 is 0 Å². The summed E-state index contributed by atoms with van der Waals surface area (Å²) in [5.41, 5.74) is 2.52.